The highest BCUT2D eigenvalue weighted by Crippen LogP contribution is 2.29. The topological polar surface area (TPSA) is 127 Å². The van der Waals surface area contributed by atoms with Gasteiger partial charge in [-0.1, -0.05) is 0 Å². The van der Waals surface area contributed by atoms with Crippen LogP contribution in [0.3, 0.4) is 0 Å². The number of nitrogens with two attached hydrogens (primary N) is 1. The van der Waals surface area contributed by atoms with Gasteiger partial charge in [0.2, 0.25) is 0 Å². The molecule has 0 spiro atoms. The highest BCUT2D eigenvalue weighted by atomic mass is 16.6. The quantitative estimate of drug-likeness (QED) is 0.651. The number of nitro groups is 1. The molecular formula is C13H11N5O3. The Bertz CT molecular complexity index is 739. The van der Waals surface area contributed by atoms with Crippen molar-refractivity contribution in [3.05, 3.63) is 46.0 Å². The van der Waals surface area contributed by atoms with Crippen LogP contribution in [0.1, 0.15) is 5.56 Å². The molecule has 0 amide bonds. The van der Waals surface area contributed by atoms with Gasteiger partial charge in [-0.05, 0) is 12.1 Å². The first-order chi connectivity index (χ1) is 10.0. The number of nitrogens with zero attached hydrogens (tertiary/aromatic N) is 3. The van der Waals surface area contributed by atoms with E-state index in [0.29, 0.717) is 17.0 Å². The van der Waals surface area contributed by atoms with Gasteiger partial charge in [-0.2, -0.15) is 5.26 Å². The molecule has 8 heteroatoms. The number of nitrogen functional groups attached to an aromatic ring is 1. The van der Waals surface area contributed by atoms with Crippen molar-refractivity contribution in [1.82, 2.24) is 4.98 Å². The van der Waals surface area contributed by atoms with Crippen molar-refractivity contribution in [3.8, 4) is 11.8 Å². The first-order valence-electron chi connectivity index (χ1n) is 5.80. The van der Waals surface area contributed by atoms with Crippen molar-refractivity contribution >= 4 is 23.0 Å². The van der Waals surface area contributed by atoms with E-state index >= 15 is 0 Å². The van der Waals surface area contributed by atoms with Crippen LogP contribution in [0, 0.1) is 21.4 Å². The number of hydrogen-bond acceptors (Lipinski definition) is 7. The fourth-order valence-corrected chi connectivity index (χ4v) is 1.71. The lowest BCUT2D eigenvalue weighted by molar-refractivity contribution is -0.384. The van der Waals surface area contributed by atoms with E-state index in [4.69, 9.17) is 15.7 Å². The molecule has 1 aromatic heterocycles. The Morgan fingerprint density at radius 2 is 2.19 bits per heavy atom. The zero-order chi connectivity index (χ0) is 15.4. The molecule has 0 bridgehead atoms. The molecule has 0 aliphatic carbocycles. The largest absolute Gasteiger partial charge is 0.495 e. The van der Waals surface area contributed by atoms with Crippen molar-refractivity contribution in [2.45, 2.75) is 0 Å². The molecule has 106 valence electrons. The molecule has 0 unspecified atom stereocenters. The van der Waals surface area contributed by atoms with Crippen molar-refractivity contribution in [3.63, 3.8) is 0 Å². The van der Waals surface area contributed by atoms with Gasteiger partial charge in [0.05, 0.1) is 41.5 Å². The molecule has 0 aliphatic heterocycles. The number of hydrogen-bond donors (Lipinski definition) is 2. The van der Waals surface area contributed by atoms with Crippen molar-refractivity contribution in [2.24, 2.45) is 0 Å². The minimum Gasteiger partial charge on any atom is -0.495 e. The second-order valence-electron chi connectivity index (χ2n) is 4.04. The summed E-state index contributed by atoms with van der Waals surface area (Å²) in [6, 6.07) is 9.17. The van der Waals surface area contributed by atoms with Crippen LogP contribution < -0.4 is 15.8 Å². The highest BCUT2D eigenvalue weighted by Gasteiger charge is 2.12. The Morgan fingerprint density at radius 3 is 2.81 bits per heavy atom. The van der Waals surface area contributed by atoms with Crippen LogP contribution in [0.25, 0.3) is 0 Å². The minimum absolute atomic E-state index is 0.0271. The minimum atomic E-state index is -0.556. The number of rotatable bonds is 4. The van der Waals surface area contributed by atoms with Crippen molar-refractivity contribution in [1.29, 1.82) is 5.26 Å². The molecule has 0 saturated carbocycles. The zero-order valence-corrected chi connectivity index (χ0v) is 11.0. The van der Waals surface area contributed by atoms with Crippen LogP contribution in [-0.4, -0.2) is 17.0 Å². The average Bonchev–Trinajstić information content (AvgIpc) is 2.47. The van der Waals surface area contributed by atoms with Crippen LogP contribution in [-0.2, 0) is 0 Å². The molecule has 2 aromatic rings. The van der Waals surface area contributed by atoms with Crippen LogP contribution in [0.4, 0.5) is 23.0 Å². The van der Waals surface area contributed by atoms with Crippen LogP contribution in [0.5, 0.6) is 5.75 Å². The molecule has 0 aliphatic rings. The number of nitrogens with one attached hydrogen (secondary N) is 1. The van der Waals surface area contributed by atoms with E-state index < -0.39 is 4.92 Å². The number of benzene rings is 1. The lowest BCUT2D eigenvalue weighted by Crippen LogP contribution is -2.01. The summed E-state index contributed by atoms with van der Waals surface area (Å²) in [6.45, 7) is 0. The maximum absolute atomic E-state index is 10.8. The molecule has 1 aromatic carbocycles. The van der Waals surface area contributed by atoms with Gasteiger partial charge < -0.3 is 15.8 Å². The molecular weight excluding hydrogens is 274 g/mol. The SMILES string of the molecule is COc1cc(C#N)ccc1Nc1cc([N+](=O)[O-])cc(N)n1. The Morgan fingerprint density at radius 1 is 1.43 bits per heavy atom. The Kier molecular flexibility index (Phi) is 3.85. The van der Waals surface area contributed by atoms with E-state index in [9.17, 15) is 10.1 Å². The number of anilines is 3. The second-order valence-corrected chi connectivity index (χ2v) is 4.04. The van der Waals surface area contributed by atoms with Crippen LogP contribution in [0.2, 0.25) is 0 Å². The van der Waals surface area contributed by atoms with Gasteiger partial charge in [-0.3, -0.25) is 10.1 Å². The first-order valence-corrected chi connectivity index (χ1v) is 5.80. The molecule has 21 heavy (non-hydrogen) atoms. The van der Waals surface area contributed by atoms with Gasteiger partial charge in [0.15, 0.2) is 0 Å². The highest BCUT2D eigenvalue weighted by molar-refractivity contribution is 5.68. The molecule has 3 N–H and O–H groups in total. The van der Waals surface area contributed by atoms with E-state index in [1.165, 1.54) is 19.2 Å². The number of nitriles is 1. The third kappa shape index (κ3) is 3.16. The summed E-state index contributed by atoms with van der Waals surface area (Å²) < 4.78 is 5.16. The Labute approximate surface area is 119 Å². The first kappa shape index (κ1) is 14.1. The standard InChI is InChI=1S/C13H11N5O3/c1-21-11-4-8(7-14)2-3-10(11)16-13-6-9(18(19)20)5-12(15)17-13/h2-6H,1H3,(H3,15,16,17). The van der Waals surface area contributed by atoms with Gasteiger partial charge in [0, 0.05) is 6.07 Å². The number of methoxy groups -OCH3 is 1. The third-order valence-corrected chi connectivity index (χ3v) is 2.63. The van der Waals surface area contributed by atoms with E-state index in [-0.39, 0.29) is 17.3 Å². The van der Waals surface area contributed by atoms with E-state index in [1.54, 1.807) is 18.2 Å². The average molecular weight is 285 g/mol. The molecule has 1 heterocycles. The van der Waals surface area contributed by atoms with Crippen LogP contribution in [0.15, 0.2) is 30.3 Å². The summed E-state index contributed by atoms with van der Waals surface area (Å²) in [5, 5.41) is 22.5. The monoisotopic (exact) mass is 285 g/mol. The third-order valence-electron chi connectivity index (χ3n) is 2.63. The Hall–Kier alpha value is -3.34. The molecule has 0 radical (unpaired) electrons. The summed E-state index contributed by atoms with van der Waals surface area (Å²) in [7, 11) is 1.46. The van der Waals surface area contributed by atoms with Gasteiger partial charge in [-0.15, -0.1) is 0 Å². The van der Waals surface area contributed by atoms with Gasteiger partial charge in [-0.25, -0.2) is 4.98 Å². The fourth-order valence-electron chi connectivity index (χ4n) is 1.71. The van der Waals surface area contributed by atoms with Gasteiger partial charge in [0.25, 0.3) is 5.69 Å². The number of aromatic nitrogens is 1. The molecule has 8 nitrogen and oxygen atoms in total. The zero-order valence-electron chi connectivity index (χ0n) is 11.0. The summed E-state index contributed by atoms with van der Waals surface area (Å²) in [5.74, 6) is 0.657. The van der Waals surface area contributed by atoms with E-state index in [1.807, 2.05) is 6.07 Å². The van der Waals surface area contributed by atoms with Crippen molar-refractivity contribution < 1.29 is 9.66 Å². The normalized spacial score (nSPS) is 9.71. The second kappa shape index (κ2) is 5.75. The van der Waals surface area contributed by atoms with E-state index in [2.05, 4.69) is 10.3 Å². The predicted octanol–water partition coefficient (Wildman–Crippen LogP) is 2.20. The van der Waals surface area contributed by atoms with Gasteiger partial charge >= 0.3 is 0 Å². The maximum Gasteiger partial charge on any atom is 0.276 e. The lowest BCUT2D eigenvalue weighted by Gasteiger charge is -2.11. The molecule has 2 rings (SSSR count). The summed E-state index contributed by atoms with van der Waals surface area (Å²) in [6.07, 6.45) is 0. The van der Waals surface area contributed by atoms with Crippen molar-refractivity contribution in [2.75, 3.05) is 18.2 Å². The predicted molar refractivity (Wildman–Crippen MR) is 76.3 cm³/mol. The summed E-state index contributed by atoms with van der Waals surface area (Å²) in [4.78, 5) is 14.2. The molecule has 0 saturated heterocycles. The van der Waals surface area contributed by atoms with Crippen LogP contribution >= 0.6 is 0 Å². The molecule has 0 fully saturated rings. The molecule has 0 atom stereocenters. The maximum atomic E-state index is 10.8. The number of pyridine rings is 1. The lowest BCUT2D eigenvalue weighted by atomic mass is 10.2. The van der Waals surface area contributed by atoms with E-state index in [0.717, 1.165) is 0 Å². The van der Waals surface area contributed by atoms with Gasteiger partial charge in [0.1, 0.15) is 17.4 Å². The fraction of sp³-hybridized carbons (Fsp3) is 0.0769. The Balaban J connectivity index is 2.38. The number of ether oxygens (including phenoxy) is 1. The summed E-state index contributed by atoms with van der Waals surface area (Å²) in [5.41, 5.74) is 6.32. The summed E-state index contributed by atoms with van der Waals surface area (Å²) >= 11 is 0. The smallest absolute Gasteiger partial charge is 0.276 e.